The minimum atomic E-state index is -0.174. The molecule has 0 aliphatic heterocycles. The summed E-state index contributed by atoms with van der Waals surface area (Å²) in [5.74, 6) is 2.45. The Bertz CT molecular complexity index is 1640. The predicted molar refractivity (Wildman–Crippen MR) is 154 cm³/mol. The molecule has 6 nitrogen and oxygen atoms in total. The molecule has 5 rings (SSSR count). The zero-order valence-corrected chi connectivity index (χ0v) is 25.7. The van der Waals surface area contributed by atoms with E-state index in [4.69, 9.17) is 19.7 Å². The molecule has 206 valence electrons. The normalized spacial score (nSPS) is 11.2. The maximum atomic E-state index is 10.7. The third kappa shape index (κ3) is 6.29. The van der Waals surface area contributed by atoms with Crippen LogP contribution in [-0.2, 0) is 26.5 Å². The number of benzene rings is 3. The van der Waals surface area contributed by atoms with Gasteiger partial charge in [0.05, 0.1) is 11.4 Å². The van der Waals surface area contributed by atoms with Gasteiger partial charge in [0, 0.05) is 44.6 Å². The fraction of sp³-hybridized carbons (Fsp3) is 0.212. The van der Waals surface area contributed by atoms with E-state index in [1.807, 2.05) is 30.3 Å². The van der Waals surface area contributed by atoms with Crippen LogP contribution in [0.4, 0.5) is 0 Å². The summed E-state index contributed by atoms with van der Waals surface area (Å²) in [4.78, 5) is 18.9. The molecule has 0 saturated carbocycles. The summed E-state index contributed by atoms with van der Waals surface area (Å²) in [7, 11) is 0. The number of phenolic OH excluding ortho intramolecular Hbond substituents is 1. The van der Waals surface area contributed by atoms with Gasteiger partial charge in [-0.3, -0.25) is 9.97 Å². The maximum absolute atomic E-state index is 10.7. The van der Waals surface area contributed by atoms with Crippen LogP contribution in [0.25, 0.3) is 34.2 Å². The van der Waals surface area contributed by atoms with E-state index in [-0.39, 0.29) is 32.2 Å². The molecular formula is C33H31N4O2Pt-. The van der Waals surface area contributed by atoms with Gasteiger partial charge < -0.3 is 9.84 Å². The van der Waals surface area contributed by atoms with Crippen LogP contribution in [0.1, 0.15) is 43.0 Å². The van der Waals surface area contributed by atoms with Crippen LogP contribution >= 0.6 is 0 Å². The number of ether oxygens (including phenoxy) is 1. The van der Waals surface area contributed by atoms with Gasteiger partial charge in [0.2, 0.25) is 5.88 Å². The average Bonchev–Trinajstić information content (AvgIpc) is 2.88. The van der Waals surface area contributed by atoms with E-state index >= 15 is 0 Å². The van der Waals surface area contributed by atoms with Gasteiger partial charge >= 0.3 is 0 Å². The number of aryl methyl sites for hydroxylation is 3. The number of pyridine rings is 1. The molecule has 0 unspecified atom stereocenters. The van der Waals surface area contributed by atoms with Gasteiger partial charge in [0.1, 0.15) is 5.75 Å². The standard InChI is InChI=1S/C33H31N4O2.Pt/c1-20-15-21(2)29(22(3)16-20)32-36-30(35-31(37-32)26-11-7-8-12-27(26)38)23-17-24(33(4,5)6)19-25(18-23)39-28-13-9-10-14-34-28;/h7-17,19,38H,1-6H3;/q-1;. The van der Waals surface area contributed by atoms with Gasteiger partial charge in [0.15, 0.2) is 11.6 Å². The van der Waals surface area contributed by atoms with Crippen molar-refractivity contribution in [1.29, 1.82) is 0 Å². The van der Waals surface area contributed by atoms with Gasteiger partial charge in [-0.25, -0.2) is 9.97 Å². The molecule has 40 heavy (non-hydrogen) atoms. The Morgan fingerprint density at radius 1 is 0.775 bits per heavy atom. The average molecular weight is 711 g/mol. The SMILES string of the molecule is Cc1cc(C)c(-c2nc(-c3[c-]c(Oc4ccccn4)cc(C(C)(C)C)c3)nc(-c3ccccc3O)n2)c(C)c1.[Pt]. The summed E-state index contributed by atoms with van der Waals surface area (Å²) in [6.07, 6.45) is 1.69. The Morgan fingerprint density at radius 3 is 2.08 bits per heavy atom. The zero-order chi connectivity index (χ0) is 27.7. The predicted octanol–water partition coefficient (Wildman–Crippen LogP) is 7.79. The Kier molecular flexibility index (Phi) is 8.50. The first-order chi connectivity index (χ1) is 18.6. The number of nitrogens with zero attached hydrogens (tertiary/aromatic N) is 4. The van der Waals surface area contributed by atoms with Crippen molar-refractivity contribution >= 4 is 0 Å². The largest absolute Gasteiger partial charge is 0.507 e. The van der Waals surface area contributed by atoms with Crippen molar-refractivity contribution < 1.29 is 30.9 Å². The first kappa shape index (κ1) is 29.1. The fourth-order valence-electron chi connectivity index (χ4n) is 4.60. The van der Waals surface area contributed by atoms with Crippen molar-refractivity contribution in [3.63, 3.8) is 0 Å². The number of aromatic hydroxyl groups is 1. The molecule has 0 spiro atoms. The number of aromatic nitrogens is 4. The summed E-state index contributed by atoms with van der Waals surface area (Å²) < 4.78 is 6.10. The molecule has 0 aliphatic rings. The fourth-order valence-corrected chi connectivity index (χ4v) is 4.60. The van der Waals surface area contributed by atoms with Crippen molar-refractivity contribution in [1.82, 2.24) is 19.9 Å². The molecule has 2 aromatic heterocycles. The van der Waals surface area contributed by atoms with Crippen molar-refractivity contribution in [3.05, 3.63) is 101 Å². The van der Waals surface area contributed by atoms with Gasteiger partial charge in [-0.2, -0.15) is 0 Å². The van der Waals surface area contributed by atoms with Crippen LogP contribution in [0.2, 0.25) is 0 Å². The van der Waals surface area contributed by atoms with E-state index in [1.54, 1.807) is 30.5 Å². The van der Waals surface area contributed by atoms with Gasteiger partial charge in [0.25, 0.3) is 0 Å². The monoisotopic (exact) mass is 710 g/mol. The Hall–Kier alpha value is -3.89. The van der Waals surface area contributed by atoms with Crippen molar-refractivity contribution in [2.24, 2.45) is 0 Å². The van der Waals surface area contributed by atoms with Crippen LogP contribution in [0.5, 0.6) is 17.4 Å². The molecule has 5 aromatic rings. The topological polar surface area (TPSA) is 81.0 Å². The molecule has 2 heterocycles. The molecule has 0 saturated heterocycles. The van der Waals surface area contributed by atoms with E-state index in [0.29, 0.717) is 40.2 Å². The maximum Gasteiger partial charge on any atom is 0.217 e. The van der Waals surface area contributed by atoms with E-state index in [2.05, 4.69) is 64.7 Å². The van der Waals surface area contributed by atoms with E-state index < -0.39 is 0 Å². The quantitative estimate of drug-likeness (QED) is 0.188. The molecule has 3 aromatic carbocycles. The minimum absolute atomic E-state index is 0. The Balaban J connectivity index is 0.00000370. The Labute approximate surface area is 249 Å². The van der Waals surface area contributed by atoms with Crippen molar-refractivity contribution in [2.45, 2.75) is 47.0 Å². The second-order valence-corrected chi connectivity index (χ2v) is 10.8. The second kappa shape index (κ2) is 11.7. The molecule has 0 radical (unpaired) electrons. The third-order valence-corrected chi connectivity index (χ3v) is 6.48. The summed E-state index contributed by atoms with van der Waals surface area (Å²) >= 11 is 0. The minimum Gasteiger partial charge on any atom is -0.507 e. The molecule has 7 heteroatoms. The molecule has 0 fully saturated rings. The van der Waals surface area contributed by atoms with E-state index in [0.717, 1.165) is 22.3 Å². The summed E-state index contributed by atoms with van der Waals surface area (Å²) in [5, 5.41) is 10.7. The van der Waals surface area contributed by atoms with E-state index in [1.165, 1.54) is 5.56 Å². The molecule has 1 N–H and O–H groups in total. The number of phenols is 1. The van der Waals surface area contributed by atoms with Gasteiger partial charge in [-0.05, 0) is 55.5 Å². The van der Waals surface area contributed by atoms with E-state index in [9.17, 15) is 5.11 Å². The molecule has 0 aliphatic carbocycles. The summed E-state index contributed by atoms with van der Waals surface area (Å²) in [6, 6.07) is 24.2. The van der Waals surface area contributed by atoms with Gasteiger partial charge in [-0.1, -0.05) is 68.8 Å². The number of para-hydroxylation sites is 1. The number of rotatable bonds is 5. The number of hydrogen-bond donors (Lipinski definition) is 1. The van der Waals surface area contributed by atoms with Crippen LogP contribution in [0.15, 0.2) is 72.9 Å². The van der Waals surface area contributed by atoms with Gasteiger partial charge in [-0.15, -0.1) is 17.2 Å². The summed E-state index contributed by atoms with van der Waals surface area (Å²) in [5.41, 5.74) is 6.31. The molecule has 0 bridgehead atoms. The first-order valence-electron chi connectivity index (χ1n) is 12.9. The molecular weight excluding hydrogens is 679 g/mol. The summed E-state index contributed by atoms with van der Waals surface area (Å²) in [6.45, 7) is 12.6. The number of hydrogen-bond acceptors (Lipinski definition) is 6. The van der Waals surface area contributed by atoms with Crippen LogP contribution in [0.3, 0.4) is 0 Å². The Morgan fingerprint density at radius 2 is 1.43 bits per heavy atom. The smallest absolute Gasteiger partial charge is 0.217 e. The zero-order valence-electron chi connectivity index (χ0n) is 23.4. The molecule has 0 amide bonds. The second-order valence-electron chi connectivity index (χ2n) is 10.8. The van der Waals surface area contributed by atoms with Crippen LogP contribution < -0.4 is 4.74 Å². The first-order valence-corrected chi connectivity index (χ1v) is 12.9. The van der Waals surface area contributed by atoms with Crippen molar-refractivity contribution in [3.8, 4) is 51.5 Å². The third-order valence-electron chi connectivity index (χ3n) is 6.48. The van der Waals surface area contributed by atoms with Crippen molar-refractivity contribution in [2.75, 3.05) is 0 Å². The van der Waals surface area contributed by atoms with Crippen LogP contribution in [-0.4, -0.2) is 25.0 Å². The van der Waals surface area contributed by atoms with Crippen LogP contribution in [0, 0.1) is 26.8 Å². The molecule has 0 atom stereocenters.